The Balaban J connectivity index is 2.31. The van der Waals surface area contributed by atoms with E-state index >= 15 is 0 Å². The highest BCUT2D eigenvalue weighted by Gasteiger charge is 2.41. The highest BCUT2D eigenvalue weighted by atomic mass is 31.2. The quantitative estimate of drug-likeness (QED) is 0.570. The van der Waals surface area contributed by atoms with Crippen LogP contribution in [0.3, 0.4) is 0 Å². The molecular formula is C23H34N3P. The van der Waals surface area contributed by atoms with E-state index in [9.17, 15) is 0 Å². The smallest absolute Gasteiger partial charge is 0.0721 e. The molecule has 4 heteroatoms. The highest BCUT2D eigenvalue weighted by Crippen LogP contribution is 2.64. The first-order valence-electron chi connectivity index (χ1n) is 10.2. The lowest BCUT2D eigenvalue weighted by Gasteiger charge is -2.45. The molecule has 1 aliphatic heterocycles. The van der Waals surface area contributed by atoms with Gasteiger partial charge in [-0.1, -0.05) is 51.3 Å². The molecule has 146 valence electrons. The molecule has 1 saturated heterocycles. The van der Waals surface area contributed by atoms with Gasteiger partial charge in [0.1, 0.15) is 0 Å². The maximum Gasteiger partial charge on any atom is 0.0721 e. The number of aromatic nitrogens is 1. The number of nitrogens with zero attached hydrogens (tertiary/aromatic N) is 3. The summed E-state index contributed by atoms with van der Waals surface area (Å²) in [5.41, 5.74) is 3.71. The highest BCUT2D eigenvalue weighted by molar-refractivity contribution is 7.73. The molecule has 1 aromatic heterocycles. The standard InChI is InChI=1S/C23H34N3P/c1-19-10-11-22(20(2)18-19)25-27(23(3,4)5,21-12-14-24-15-13-21)26-16-8-6-7-9-17-26/h10-15,18H,6-9,16-17H2,1-5H3/t27-/m0/s1. The van der Waals surface area contributed by atoms with Crippen molar-refractivity contribution < 1.29 is 0 Å². The lowest BCUT2D eigenvalue weighted by molar-refractivity contribution is 0.457. The maximum absolute atomic E-state index is 5.65. The van der Waals surface area contributed by atoms with E-state index in [4.69, 9.17) is 4.74 Å². The Morgan fingerprint density at radius 1 is 0.926 bits per heavy atom. The van der Waals surface area contributed by atoms with Gasteiger partial charge in [0, 0.05) is 35.9 Å². The summed E-state index contributed by atoms with van der Waals surface area (Å²) in [5, 5.41) is 1.41. The zero-order chi connectivity index (χ0) is 19.5. The summed E-state index contributed by atoms with van der Waals surface area (Å²) in [7, 11) is -1.98. The van der Waals surface area contributed by atoms with Crippen LogP contribution in [0.4, 0.5) is 5.69 Å². The van der Waals surface area contributed by atoms with Crippen molar-refractivity contribution in [1.82, 2.24) is 9.65 Å². The van der Waals surface area contributed by atoms with Crippen molar-refractivity contribution in [2.45, 2.75) is 65.5 Å². The molecule has 3 nitrogen and oxygen atoms in total. The SMILES string of the molecule is Cc1ccc(N=[P@@](c2ccncc2)(N2CCCCCC2)C(C)(C)C)c(C)c1. The second kappa shape index (κ2) is 8.29. The molecule has 0 spiro atoms. The topological polar surface area (TPSA) is 28.5 Å². The predicted molar refractivity (Wildman–Crippen MR) is 119 cm³/mol. The molecule has 27 heavy (non-hydrogen) atoms. The predicted octanol–water partition coefficient (Wildman–Crippen LogP) is 6.45. The van der Waals surface area contributed by atoms with Crippen LogP contribution in [0.2, 0.25) is 0 Å². The van der Waals surface area contributed by atoms with Gasteiger partial charge in [-0.2, -0.15) is 0 Å². The number of pyridine rings is 1. The summed E-state index contributed by atoms with van der Waals surface area (Å²) in [6, 6.07) is 11.1. The lowest BCUT2D eigenvalue weighted by atomic mass is 10.1. The van der Waals surface area contributed by atoms with Gasteiger partial charge in [0.15, 0.2) is 0 Å². The fourth-order valence-electron chi connectivity index (χ4n) is 4.21. The second-order valence-electron chi connectivity index (χ2n) is 8.74. The van der Waals surface area contributed by atoms with Crippen molar-refractivity contribution in [1.29, 1.82) is 0 Å². The van der Waals surface area contributed by atoms with E-state index in [1.165, 1.54) is 42.1 Å². The van der Waals surface area contributed by atoms with Crippen LogP contribution >= 0.6 is 7.21 Å². The van der Waals surface area contributed by atoms with Crippen molar-refractivity contribution in [3.8, 4) is 0 Å². The van der Waals surface area contributed by atoms with Crippen LogP contribution in [0.5, 0.6) is 0 Å². The van der Waals surface area contributed by atoms with Crippen LogP contribution in [-0.4, -0.2) is 27.9 Å². The molecule has 0 aliphatic carbocycles. The molecular weight excluding hydrogens is 349 g/mol. The molecule has 0 bridgehead atoms. The molecule has 2 heterocycles. The third-order valence-corrected chi connectivity index (χ3v) is 10.2. The van der Waals surface area contributed by atoms with Crippen LogP contribution in [0, 0.1) is 13.8 Å². The molecule has 1 aliphatic rings. The molecule has 0 radical (unpaired) electrons. The van der Waals surface area contributed by atoms with E-state index in [0.29, 0.717) is 0 Å². The molecule has 2 aromatic rings. The van der Waals surface area contributed by atoms with Gasteiger partial charge in [0.05, 0.1) is 12.9 Å². The number of rotatable bonds is 3. The Kier molecular flexibility index (Phi) is 6.23. The van der Waals surface area contributed by atoms with E-state index in [1.807, 2.05) is 12.4 Å². The summed E-state index contributed by atoms with van der Waals surface area (Å²) in [6.07, 6.45) is 9.08. The second-order valence-corrected chi connectivity index (χ2v) is 12.6. The summed E-state index contributed by atoms with van der Waals surface area (Å²) in [4.78, 5) is 4.30. The average molecular weight is 384 g/mol. The molecule has 0 N–H and O–H groups in total. The third-order valence-electron chi connectivity index (χ3n) is 5.55. The zero-order valence-corrected chi connectivity index (χ0v) is 18.5. The fourth-order valence-corrected chi connectivity index (χ4v) is 8.65. The average Bonchev–Trinajstić information content (AvgIpc) is 2.90. The lowest BCUT2D eigenvalue weighted by Crippen LogP contribution is -2.37. The molecule has 0 saturated carbocycles. The normalized spacial score (nSPS) is 18.6. The molecule has 0 unspecified atom stereocenters. The van der Waals surface area contributed by atoms with Crippen molar-refractivity contribution >= 4 is 18.2 Å². The van der Waals surface area contributed by atoms with Crippen molar-refractivity contribution in [3.05, 3.63) is 53.9 Å². The Morgan fingerprint density at radius 2 is 1.56 bits per heavy atom. The largest absolute Gasteiger partial charge is 0.265 e. The summed E-state index contributed by atoms with van der Waals surface area (Å²) >= 11 is 0. The fraction of sp³-hybridized carbons (Fsp3) is 0.522. The Bertz CT molecular complexity index is 813. The first-order chi connectivity index (χ1) is 12.8. The Hall–Kier alpha value is -1.44. The summed E-state index contributed by atoms with van der Waals surface area (Å²) in [5.74, 6) is 0. The number of aryl methyl sites for hydroxylation is 2. The van der Waals surface area contributed by atoms with Crippen LogP contribution in [0.15, 0.2) is 47.5 Å². The Labute approximate surface area is 165 Å². The van der Waals surface area contributed by atoms with Gasteiger partial charge >= 0.3 is 0 Å². The minimum atomic E-state index is -1.98. The summed E-state index contributed by atoms with van der Waals surface area (Å²) in [6.45, 7) is 13.7. The molecule has 1 aromatic carbocycles. The van der Waals surface area contributed by atoms with Gasteiger partial charge in [-0.3, -0.25) is 9.65 Å². The van der Waals surface area contributed by atoms with Crippen LogP contribution < -0.4 is 5.30 Å². The number of benzene rings is 1. The maximum atomic E-state index is 5.65. The minimum Gasteiger partial charge on any atom is -0.265 e. The number of hydrogen-bond acceptors (Lipinski definition) is 2. The van der Waals surface area contributed by atoms with Gasteiger partial charge in [-0.25, -0.2) is 4.74 Å². The molecule has 0 amide bonds. The molecule has 3 rings (SSSR count). The van der Waals surface area contributed by atoms with E-state index < -0.39 is 7.21 Å². The van der Waals surface area contributed by atoms with E-state index in [-0.39, 0.29) is 5.16 Å². The Morgan fingerprint density at radius 3 is 2.11 bits per heavy atom. The van der Waals surface area contributed by atoms with Gasteiger partial charge in [-0.05, 0) is 50.5 Å². The van der Waals surface area contributed by atoms with E-state index in [0.717, 1.165) is 18.8 Å². The number of hydrogen-bond donors (Lipinski definition) is 0. The van der Waals surface area contributed by atoms with Crippen LogP contribution in [0.1, 0.15) is 57.6 Å². The molecule has 1 fully saturated rings. The first-order valence-corrected chi connectivity index (χ1v) is 11.9. The first kappa shape index (κ1) is 20.3. The van der Waals surface area contributed by atoms with Crippen molar-refractivity contribution in [2.75, 3.05) is 13.1 Å². The van der Waals surface area contributed by atoms with Crippen molar-refractivity contribution in [2.24, 2.45) is 4.74 Å². The van der Waals surface area contributed by atoms with Gasteiger partial charge in [0.25, 0.3) is 0 Å². The zero-order valence-electron chi connectivity index (χ0n) is 17.6. The van der Waals surface area contributed by atoms with Gasteiger partial charge in [0.2, 0.25) is 0 Å². The van der Waals surface area contributed by atoms with Crippen LogP contribution in [-0.2, 0) is 0 Å². The van der Waals surface area contributed by atoms with Crippen LogP contribution in [0.25, 0.3) is 0 Å². The third kappa shape index (κ3) is 4.20. The van der Waals surface area contributed by atoms with Gasteiger partial charge in [-0.15, -0.1) is 0 Å². The van der Waals surface area contributed by atoms with Crippen molar-refractivity contribution in [3.63, 3.8) is 0 Å². The van der Waals surface area contributed by atoms with E-state index in [1.54, 1.807) is 0 Å². The minimum absolute atomic E-state index is 0.0516. The van der Waals surface area contributed by atoms with Gasteiger partial charge < -0.3 is 0 Å². The summed E-state index contributed by atoms with van der Waals surface area (Å²) < 4.78 is 8.39. The monoisotopic (exact) mass is 383 g/mol. The molecule has 1 atom stereocenters. The van der Waals surface area contributed by atoms with E-state index in [2.05, 4.69) is 74.6 Å².